The summed E-state index contributed by atoms with van der Waals surface area (Å²) in [5, 5.41) is 3.43. The molecule has 1 aliphatic rings. The van der Waals surface area contributed by atoms with E-state index in [1.165, 1.54) is 5.56 Å². The molecule has 1 aromatic carbocycles. The fraction of sp³-hybridized carbons (Fsp3) is 0.214. The summed E-state index contributed by atoms with van der Waals surface area (Å²) >= 11 is 0. The molecule has 0 saturated heterocycles. The van der Waals surface area contributed by atoms with Crippen LogP contribution in [0.4, 0.5) is 11.8 Å². The number of nitrogens with one attached hydrogen (secondary N) is 2. The van der Waals surface area contributed by atoms with E-state index in [0.717, 1.165) is 17.8 Å². The van der Waals surface area contributed by atoms with Gasteiger partial charge in [0, 0.05) is 12.0 Å². The number of aromatic nitrogens is 4. The van der Waals surface area contributed by atoms with Crippen molar-refractivity contribution in [3.63, 3.8) is 0 Å². The van der Waals surface area contributed by atoms with Crippen molar-refractivity contribution in [3.8, 4) is 0 Å². The van der Waals surface area contributed by atoms with E-state index in [9.17, 15) is 0 Å². The number of rotatable bonds is 3. The summed E-state index contributed by atoms with van der Waals surface area (Å²) in [5.41, 5.74) is 8.46. The van der Waals surface area contributed by atoms with Crippen molar-refractivity contribution in [2.75, 3.05) is 11.1 Å². The second kappa shape index (κ2) is 4.19. The Morgan fingerprint density at radius 3 is 2.90 bits per heavy atom. The lowest BCUT2D eigenvalue weighted by molar-refractivity contribution is 1.03. The molecule has 2 atom stereocenters. The normalized spacial score (nSPS) is 21.0. The number of nitrogen functional groups attached to an aromatic ring is 1. The minimum Gasteiger partial charge on any atom is -0.368 e. The van der Waals surface area contributed by atoms with Gasteiger partial charge in [0.25, 0.3) is 0 Å². The van der Waals surface area contributed by atoms with Crippen LogP contribution in [-0.4, -0.2) is 26.0 Å². The van der Waals surface area contributed by atoms with Gasteiger partial charge in [-0.25, -0.2) is 4.98 Å². The van der Waals surface area contributed by atoms with Crippen molar-refractivity contribution >= 4 is 22.9 Å². The van der Waals surface area contributed by atoms with Crippen molar-refractivity contribution in [3.05, 3.63) is 42.2 Å². The first-order valence-corrected chi connectivity index (χ1v) is 6.59. The topological polar surface area (TPSA) is 92.5 Å². The maximum atomic E-state index is 5.71. The van der Waals surface area contributed by atoms with Crippen LogP contribution in [0.3, 0.4) is 0 Å². The monoisotopic (exact) mass is 266 g/mol. The van der Waals surface area contributed by atoms with E-state index in [2.05, 4.69) is 49.5 Å². The Balaban J connectivity index is 1.59. The van der Waals surface area contributed by atoms with Gasteiger partial charge in [-0.3, -0.25) is 0 Å². The molecule has 2 aromatic heterocycles. The average Bonchev–Trinajstić information content (AvgIpc) is 3.06. The Hall–Kier alpha value is -2.63. The zero-order valence-electron chi connectivity index (χ0n) is 10.7. The van der Waals surface area contributed by atoms with Gasteiger partial charge in [0.15, 0.2) is 11.5 Å². The Morgan fingerprint density at radius 2 is 2.05 bits per heavy atom. The van der Waals surface area contributed by atoms with Crippen LogP contribution in [0.25, 0.3) is 11.2 Å². The Bertz CT molecular complexity index is 751. The number of nitrogens with zero attached hydrogens (tertiary/aromatic N) is 3. The molecule has 0 radical (unpaired) electrons. The first kappa shape index (κ1) is 11.2. The summed E-state index contributed by atoms with van der Waals surface area (Å²) in [6.45, 7) is 0. The highest BCUT2D eigenvalue weighted by molar-refractivity contribution is 5.83. The van der Waals surface area contributed by atoms with E-state index >= 15 is 0 Å². The molecule has 4 rings (SSSR count). The molecule has 4 N–H and O–H groups in total. The van der Waals surface area contributed by atoms with Crippen molar-refractivity contribution < 1.29 is 0 Å². The summed E-state index contributed by atoms with van der Waals surface area (Å²) in [6, 6.07) is 10.9. The molecule has 6 nitrogen and oxygen atoms in total. The van der Waals surface area contributed by atoms with Gasteiger partial charge in [-0.2, -0.15) is 9.97 Å². The highest BCUT2D eigenvalue weighted by atomic mass is 15.2. The number of nitrogens with two attached hydrogens (primary N) is 1. The summed E-state index contributed by atoms with van der Waals surface area (Å²) in [5.74, 6) is 1.50. The Kier molecular flexibility index (Phi) is 2.35. The average molecular weight is 266 g/mol. The van der Waals surface area contributed by atoms with E-state index in [0.29, 0.717) is 17.6 Å². The number of imidazole rings is 1. The molecule has 100 valence electrons. The number of aromatic amines is 1. The Labute approximate surface area is 115 Å². The molecule has 2 unspecified atom stereocenters. The van der Waals surface area contributed by atoms with Crippen LogP contribution in [-0.2, 0) is 0 Å². The minimum atomic E-state index is 0.240. The van der Waals surface area contributed by atoms with E-state index in [1.54, 1.807) is 6.33 Å². The van der Waals surface area contributed by atoms with E-state index in [-0.39, 0.29) is 5.95 Å². The largest absolute Gasteiger partial charge is 0.368 e. The predicted octanol–water partition coefficient (Wildman–Crippen LogP) is 1.90. The molecule has 0 aliphatic heterocycles. The van der Waals surface area contributed by atoms with Crippen LogP contribution in [0.15, 0.2) is 36.7 Å². The first-order chi connectivity index (χ1) is 9.81. The van der Waals surface area contributed by atoms with Gasteiger partial charge in [-0.15, -0.1) is 0 Å². The predicted molar refractivity (Wildman–Crippen MR) is 77.3 cm³/mol. The number of anilines is 2. The van der Waals surface area contributed by atoms with Gasteiger partial charge in [0.1, 0.15) is 5.52 Å². The zero-order chi connectivity index (χ0) is 13.5. The maximum absolute atomic E-state index is 5.71. The summed E-state index contributed by atoms with van der Waals surface area (Å²) in [6.07, 6.45) is 2.70. The van der Waals surface area contributed by atoms with Crippen molar-refractivity contribution in [1.29, 1.82) is 0 Å². The van der Waals surface area contributed by atoms with Crippen LogP contribution in [0.2, 0.25) is 0 Å². The molecule has 2 heterocycles. The van der Waals surface area contributed by atoms with E-state index < -0.39 is 0 Å². The minimum absolute atomic E-state index is 0.240. The number of fused-ring (bicyclic) bond motifs is 1. The lowest BCUT2D eigenvalue weighted by Gasteiger charge is -2.06. The van der Waals surface area contributed by atoms with E-state index in [4.69, 9.17) is 5.73 Å². The molecule has 3 aromatic rings. The van der Waals surface area contributed by atoms with Crippen molar-refractivity contribution in [1.82, 2.24) is 19.9 Å². The molecule has 0 bridgehead atoms. The summed E-state index contributed by atoms with van der Waals surface area (Å²) < 4.78 is 0. The highest BCUT2D eigenvalue weighted by Gasteiger charge is 2.38. The van der Waals surface area contributed by atoms with Gasteiger partial charge in [-0.1, -0.05) is 30.3 Å². The molecule has 1 aliphatic carbocycles. The lowest BCUT2D eigenvalue weighted by Crippen LogP contribution is -2.08. The van der Waals surface area contributed by atoms with Crippen LogP contribution >= 0.6 is 0 Å². The van der Waals surface area contributed by atoms with E-state index in [1.807, 2.05) is 6.07 Å². The van der Waals surface area contributed by atoms with Gasteiger partial charge in [0.2, 0.25) is 5.95 Å². The molecule has 6 heteroatoms. The standard InChI is InChI=1S/C14H14N6/c15-14-19-12-11(16-7-17-12)13(20-14)18-10-6-9(10)8-4-2-1-3-5-8/h1-5,7,9-10H,6H2,(H4,15,16,17,18,19,20). The molecule has 1 fully saturated rings. The molecule has 0 amide bonds. The van der Waals surface area contributed by atoms with Crippen LogP contribution in [0.5, 0.6) is 0 Å². The Morgan fingerprint density at radius 1 is 1.20 bits per heavy atom. The van der Waals surface area contributed by atoms with Crippen LogP contribution in [0, 0.1) is 0 Å². The maximum Gasteiger partial charge on any atom is 0.224 e. The summed E-state index contributed by atoms with van der Waals surface area (Å²) in [7, 11) is 0. The molecular weight excluding hydrogens is 252 g/mol. The van der Waals surface area contributed by atoms with Crippen molar-refractivity contribution in [2.24, 2.45) is 0 Å². The number of benzene rings is 1. The van der Waals surface area contributed by atoms with Crippen LogP contribution < -0.4 is 11.1 Å². The van der Waals surface area contributed by atoms with Gasteiger partial charge >= 0.3 is 0 Å². The lowest BCUT2D eigenvalue weighted by atomic mass is 10.1. The quantitative estimate of drug-likeness (QED) is 0.673. The fourth-order valence-corrected chi connectivity index (χ4v) is 2.55. The SMILES string of the molecule is Nc1nc(NC2CC2c2ccccc2)c2[nH]cnc2n1. The third-order valence-corrected chi connectivity index (χ3v) is 3.64. The smallest absolute Gasteiger partial charge is 0.224 e. The van der Waals surface area contributed by atoms with Crippen LogP contribution in [0.1, 0.15) is 17.9 Å². The molecule has 0 spiro atoms. The number of hydrogen-bond donors (Lipinski definition) is 3. The first-order valence-electron chi connectivity index (χ1n) is 6.59. The fourth-order valence-electron chi connectivity index (χ4n) is 2.55. The van der Waals surface area contributed by atoms with Gasteiger partial charge < -0.3 is 16.0 Å². The molecule has 1 saturated carbocycles. The molecule has 20 heavy (non-hydrogen) atoms. The summed E-state index contributed by atoms with van der Waals surface area (Å²) in [4.78, 5) is 15.5. The molecular formula is C14H14N6. The van der Waals surface area contributed by atoms with Crippen molar-refractivity contribution in [2.45, 2.75) is 18.4 Å². The third-order valence-electron chi connectivity index (χ3n) is 3.64. The number of hydrogen-bond acceptors (Lipinski definition) is 5. The second-order valence-electron chi connectivity index (χ2n) is 5.04. The van der Waals surface area contributed by atoms with Gasteiger partial charge in [0.05, 0.1) is 6.33 Å². The second-order valence-corrected chi connectivity index (χ2v) is 5.04. The highest BCUT2D eigenvalue weighted by Crippen LogP contribution is 2.42. The number of H-pyrrole nitrogens is 1. The zero-order valence-corrected chi connectivity index (χ0v) is 10.7. The third kappa shape index (κ3) is 1.85. The van der Waals surface area contributed by atoms with Gasteiger partial charge in [-0.05, 0) is 12.0 Å².